The van der Waals surface area contributed by atoms with Crippen LogP contribution in [0.15, 0.2) is 60.9 Å². The molecule has 4 aromatic rings. The Hall–Kier alpha value is -2.99. The van der Waals surface area contributed by atoms with Crippen LogP contribution in [0.5, 0.6) is 0 Å². The lowest BCUT2D eigenvalue weighted by atomic mass is 10.2. The summed E-state index contributed by atoms with van der Waals surface area (Å²) in [5.41, 5.74) is 9.74. The number of hydrogen-bond donors (Lipinski definition) is 2. The van der Waals surface area contributed by atoms with Crippen LogP contribution in [-0.2, 0) is 6.54 Å². The first-order chi connectivity index (χ1) is 11.8. The first kappa shape index (κ1) is 14.6. The van der Waals surface area contributed by atoms with E-state index in [1.54, 1.807) is 12.4 Å². The van der Waals surface area contributed by atoms with Gasteiger partial charge in [0.05, 0.1) is 28.3 Å². The van der Waals surface area contributed by atoms with Crippen molar-refractivity contribution < 1.29 is 0 Å². The van der Waals surface area contributed by atoms with E-state index in [0.29, 0.717) is 11.7 Å². The van der Waals surface area contributed by atoms with Gasteiger partial charge in [0.2, 0.25) is 0 Å². The van der Waals surface area contributed by atoms with E-state index in [1.165, 1.54) is 11.3 Å². The van der Waals surface area contributed by atoms with Gasteiger partial charge >= 0.3 is 0 Å². The van der Waals surface area contributed by atoms with Crippen LogP contribution in [0.25, 0.3) is 21.5 Å². The molecule has 24 heavy (non-hydrogen) atoms. The lowest BCUT2D eigenvalue weighted by molar-refractivity contribution is 1.09. The molecule has 0 bridgehead atoms. The number of hydrogen-bond acceptors (Lipinski definition) is 6. The Morgan fingerprint density at radius 2 is 1.88 bits per heavy atom. The topological polar surface area (TPSA) is 76.7 Å². The van der Waals surface area contributed by atoms with E-state index in [1.807, 2.05) is 42.5 Å². The van der Waals surface area contributed by atoms with E-state index in [-0.39, 0.29) is 0 Å². The number of fused-ring (bicyclic) bond motifs is 1. The minimum Gasteiger partial charge on any atom is -0.375 e. The van der Waals surface area contributed by atoms with Crippen molar-refractivity contribution >= 4 is 32.5 Å². The largest absolute Gasteiger partial charge is 0.375 e. The zero-order valence-electron chi connectivity index (χ0n) is 12.8. The number of anilines is 2. The van der Waals surface area contributed by atoms with Gasteiger partial charge in [-0.3, -0.25) is 4.98 Å². The lowest BCUT2D eigenvalue weighted by Gasteiger charge is -2.07. The van der Waals surface area contributed by atoms with Gasteiger partial charge < -0.3 is 11.1 Å². The van der Waals surface area contributed by atoms with Crippen LogP contribution in [0.1, 0.15) is 5.56 Å². The van der Waals surface area contributed by atoms with Crippen LogP contribution in [0.4, 0.5) is 10.9 Å². The highest BCUT2D eigenvalue weighted by Gasteiger charge is 2.04. The second-order valence-electron chi connectivity index (χ2n) is 5.36. The summed E-state index contributed by atoms with van der Waals surface area (Å²) in [5, 5.41) is 3.92. The van der Waals surface area contributed by atoms with Crippen LogP contribution in [0.3, 0.4) is 0 Å². The number of nitrogens with zero attached hydrogens (tertiary/aromatic N) is 3. The van der Waals surface area contributed by atoms with Gasteiger partial charge in [0.1, 0.15) is 5.82 Å². The van der Waals surface area contributed by atoms with Crippen molar-refractivity contribution in [2.45, 2.75) is 6.54 Å². The van der Waals surface area contributed by atoms with E-state index in [2.05, 4.69) is 26.3 Å². The normalized spacial score (nSPS) is 10.8. The molecule has 0 aliphatic heterocycles. The number of thiazole rings is 1. The molecule has 118 valence electrons. The predicted molar refractivity (Wildman–Crippen MR) is 98.8 cm³/mol. The van der Waals surface area contributed by atoms with Crippen molar-refractivity contribution in [3.05, 3.63) is 66.5 Å². The number of nitrogen functional groups attached to an aromatic ring is 1. The maximum Gasteiger partial charge on any atom is 0.181 e. The maximum atomic E-state index is 5.75. The van der Waals surface area contributed by atoms with E-state index in [4.69, 9.17) is 5.73 Å². The van der Waals surface area contributed by atoms with Crippen molar-refractivity contribution in [2.24, 2.45) is 0 Å². The van der Waals surface area contributed by atoms with Crippen LogP contribution < -0.4 is 11.1 Å². The average molecular weight is 333 g/mol. The fourth-order valence-electron chi connectivity index (χ4n) is 2.49. The SMILES string of the molecule is Nc1nc2ccc(CNc3cncc(-c4ccccc4)n3)cc2s1. The van der Waals surface area contributed by atoms with Gasteiger partial charge in [0, 0.05) is 12.1 Å². The third-order valence-corrected chi connectivity index (χ3v) is 4.49. The second-order valence-corrected chi connectivity index (χ2v) is 6.43. The molecule has 0 atom stereocenters. The van der Waals surface area contributed by atoms with Crippen molar-refractivity contribution in [2.75, 3.05) is 11.1 Å². The Labute approximate surface area is 143 Å². The molecule has 2 aromatic carbocycles. The molecule has 6 heteroatoms. The third kappa shape index (κ3) is 3.04. The molecule has 0 radical (unpaired) electrons. The highest BCUT2D eigenvalue weighted by molar-refractivity contribution is 7.22. The van der Waals surface area contributed by atoms with Crippen molar-refractivity contribution in [3.63, 3.8) is 0 Å². The van der Waals surface area contributed by atoms with E-state index in [0.717, 1.165) is 32.9 Å². The van der Waals surface area contributed by atoms with Gasteiger partial charge in [0.25, 0.3) is 0 Å². The molecule has 0 fully saturated rings. The Bertz CT molecular complexity index is 981. The molecule has 2 aromatic heterocycles. The Morgan fingerprint density at radius 3 is 2.75 bits per heavy atom. The molecule has 0 aliphatic carbocycles. The first-order valence-electron chi connectivity index (χ1n) is 7.54. The standard InChI is InChI=1S/C18H15N5S/c19-18-23-14-7-6-12(8-16(14)24-18)9-21-17-11-20-10-15(22-17)13-4-2-1-3-5-13/h1-8,10-11H,9H2,(H2,19,23)(H,21,22). The van der Waals surface area contributed by atoms with Gasteiger partial charge in [-0.15, -0.1) is 0 Å². The van der Waals surface area contributed by atoms with Crippen LogP contribution in [0, 0.1) is 0 Å². The minimum atomic E-state index is 0.594. The molecule has 0 saturated carbocycles. The first-order valence-corrected chi connectivity index (χ1v) is 8.36. The summed E-state index contributed by atoms with van der Waals surface area (Å²) in [6.07, 6.45) is 3.50. The summed E-state index contributed by atoms with van der Waals surface area (Å²) in [6, 6.07) is 16.2. The number of nitrogens with one attached hydrogen (secondary N) is 1. The van der Waals surface area contributed by atoms with Crippen LogP contribution >= 0.6 is 11.3 Å². The van der Waals surface area contributed by atoms with Gasteiger partial charge in [-0.1, -0.05) is 47.7 Å². The zero-order valence-corrected chi connectivity index (χ0v) is 13.6. The van der Waals surface area contributed by atoms with Crippen molar-refractivity contribution in [1.29, 1.82) is 0 Å². The van der Waals surface area contributed by atoms with Gasteiger partial charge in [-0.2, -0.15) is 0 Å². The second kappa shape index (κ2) is 6.25. The quantitative estimate of drug-likeness (QED) is 0.591. The molecule has 5 nitrogen and oxygen atoms in total. The highest BCUT2D eigenvalue weighted by Crippen LogP contribution is 2.25. The molecule has 0 unspecified atom stereocenters. The fraction of sp³-hybridized carbons (Fsp3) is 0.0556. The monoisotopic (exact) mass is 333 g/mol. The smallest absolute Gasteiger partial charge is 0.181 e. The molecular formula is C18H15N5S. The van der Waals surface area contributed by atoms with E-state index >= 15 is 0 Å². The van der Waals surface area contributed by atoms with Gasteiger partial charge in [-0.05, 0) is 17.7 Å². The molecular weight excluding hydrogens is 318 g/mol. The summed E-state index contributed by atoms with van der Waals surface area (Å²) in [7, 11) is 0. The molecule has 0 aliphatic rings. The Morgan fingerprint density at radius 1 is 1.00 bits per heavy atom. The van der Waals surface area contributed by atoms with Gasteiger partial charge in [-0.25, -0.2) is 9.97 Å². The molecule has 2 heterocycles. The Balaban J connectivity index is 1.52. The minimum absolute atomic E-state index is 0.594. The number of nitrogens with two attached hydrogens (primary N) is 1. The fourth-order valence-corrected chi connectivity index (χ4v) is 3.29. The summed E-state index contributed by atoms with van der Waals surface area (Å²) in [4.78, 5) is 13.2. The molecule has 0 amide bonds. The lowest BCUT2D eigenvalue weighted by Crippen LogP contribution is -2.02. The summed E-state index contributed by atoms with van der Waals surface area (Å²) in [5.74, 6) is 0.750. The average Bonchev–Trinajstić information content (AvgIpc) is 3.00. The van der Waals surface area contributed by atoms with Gasteiger partial charge in [0.15, 0.2) is 5.13 Å². The van der Waals surface area contributed by atoms with Crippen LogP contribution in [-0.4, -0.2) is 15.0 Å². The molecule has 4 rings (SSSR count). The van der Waals surface area contributed by atoms with E-state index < -0.39 is 0 Å². The molecule has 3 N–H and O–H groups in total. The number of rotatable bonds is 4. The highest BCUT2D eigenvalue weighted by atomic mass is 32.1. The zero-order chi connectivity index (χ0) is 16.4. The molecule has 0 saturated heterocycles. The van der Waals surface area contributed by atoms with E-state index in [9.17, 15) is 0 Å². The summed E-state index contributed by atoms with van der Waals surface area (Å²) < 4.78 is 1.09. The van der Waals surface area contributed by atoms with Crippen LogP contribution in [0.2, 0.25) is 0 Å². The number of benzene rings is 2. The van der Waals surface area contributed by atoms with Crippen molar-refractivity contribution in [1.82, 2.24) is 15.0 Å². The predicted octanol–water partition coefficient (Wildman–Crippen LogP) is 3.95. The summed E-state index contributed by atoms with van der Waals surface area (Å²) >= 11 is 1.50. The maximum absolute atomic E-state index is 5.75. The Kier molecular flexibility index (Phi) is 3.80. The van der Waals surface area contributed by atoms with Crippen molar-refractivity contribution in [3.8, 4) is 11.3 Å². The summed E-state index contributed by atoms with van der Waals surface area (Å²) in [6.45, 7) is 0.667. The third-order valence-electron chi connectivity index (χ3n) is 3.65. The molecule has 0 spiro atoms. The number of aromatic nitrogens is 3.